The molecule has 3 aliphatic rings. The number of ether oxygens (including phenoxy) is 8. The van der Waals surface area contributed by atoms with E-state index in [9.17, 15) is 27.9 Å². The van der Waals surface area contributed by atoms with E-state index in [2.05, 4.69) is 22.0 Å². The van der Waals surface area contributed by atoms with Gasteiger partial charge in [0.15, 0.2) is 34.5 Å². The van der Waals surface area contributed by atoms with Crippen molar-refractivity contribution >= 4 is 30.8 Å². The zero-order valence-electron chi connectivity index (χ0n) is 43.9. The average molecular weight is 1010 g/mol. The summed E-state index contributed by atoms with van der Waals surface area (Å²) in [6.45, 7) is 19.7. The molecular weight excluding hydrogens is 936 g/mol. The fourth-order valence-corrected chi connectivity index (χ4v) is 10.2. The van der Waals surface area contributed by atoms with Crippen LogP contribution >= 0.6 is 11.8 Å². The zero-order valence-corrected chi connectivity index (χ0v) is 44.7. The van der Waals surface area contributed by atoms with E-state index in [1.54, 1.807) is 52.4 Å². The molecule has 0 spiro atoms. The van der Waals surface area contributed by atoms with E-state index < -0.39 is 42.6 Å². The molecule has 0 aliphatic carbocycles. The molecule has 394 valence electrons. The molecule has 3 aromatic carbocycles. The predicted molar refractivity (Wildman–Crippen MR) is 267 cm³/mol. The number of thioether (sulfide) groups is 1. The number of carbonyl (C=O) groups excluding carboxylic acids is 3. The van der Waals surface area contributed by atoms with Gasteiger partial charge in [-0.05, 0) is 115 Å². The van der Waals surface area contributed by atoms with Gasteiger partial charge in [-0.25, -0.2) is 9.59 Å². The topological polar surface area (TPSA) is 164 Å². The van der Waals surface area contributed by atoms with E-state index in [1.165, 1.54) is 14.2 Å². The number of aromatic hydroxyl groups is 1. The van der Waals surface area contributed by atoms with Crippen molar-refractivity contribution in [3.8, 4) is 40.2 Å². The number of aryl methyl sites for hydroxylation is 2. The largest absolute Gasteiger partial charge is 0.514 e. The predicted octanol–water partition coefficient (Wildman–Crippen LogP) is 10.6. The van der Waals surface area contributed by atoms with Gasteiger partial charge >= 0.3 is 18.9 Å². The normalized spacial score (nSPS) is 18.9. The summed E-state index contributed by atoms with van der Waals surface area (Å²) < 4.78 is 83.4. The van der Waals surface area contributed by atoms with Gasteiger partial charge in [-0.15, -0.1) is 0 Å². The number of alkyl carbamates (subject to hydrolysis) is 1. The van der Waals surface area contributed by atoms with Crippen molar-refractivity contribution in [1.82, 2.24) is 15.1 Å². The molecule has 3 aromatic rings. The Kier molecular flexibility index (Phi) is 24.8. The van der Waals surface area contributed by atoms with E-state index >= 15 is 0 Å². The number of benzene rings is 3. The SMILES string of the molecule is C=O.CC.CC.CF.COc1cc2c(cc1OC(=O)OC(C)(C)C)CCNC(=O)OCC(c1c(C)c(OC(F)F)c(C)c3c1OCO3)N1CCc3cc(C)c(OC)c(O)c3C(N(C)C)C1C(C)SCC2. The first-order valence-electron chi connectivity index (χ1n) is 23.3. The van der Waals surface area contributed by atoms with Crippen LogP contribution in [0.1, 0.15) is 112 Å². The number of methoxy groups -OCH3 is 2. The summed E-state index contributed by atoms with van der Waals surface area (Å²) in [5.74, 6) is 2.20. The number of nitrogens with zero attached hydrogens (tertiary/aromatic N) is 2. The molecule has 1 amide bonds. The molecule has 0 saturated heterocycles. The maximum Gasteiger partial charge on any atom is 0.514 e. The highest BCUT2D eigenvalue weighted by atomic mass is 32.2. The number of halogens is 3. The fraction of sp³-hybridized carbons (Fsp3) is 0.588. The number of rotatable bonds is 7. The van der Waals surface area contributed by atoms with Crippen molar-refractivity contribution in [3.63, 3.8) is 0 Å². The first-order valence-corrected chi connectivity index (χ1v) is 24.4. The number of hydrogen-bond acceptors (Lipinski definition) is 15. The third-order valence-corrected chi connectivity index (χ3v) is 12.8. The van der Waals surface area contributed by atoms with Crippen LogP contribution < -0.4 is 33.7 Å². The van der Waals surface area contributed by atoms with Crippen molar-refractivity contribution in [2.45, 2.75) is 131 Å². The molecule has 6 rings (SSSR count). The van der Waals surface area contributed by atoms with Crippen LogP contribution in [0.2, 0.25) is 0 Å². The van der Waals surface area contributed by atoms with Gasteiger partial charge < -0.3 is 58.0 Å². The summed E-state index contributed by atoms with van der Waals surface area (Å²) in [6, 6.07) is 3.99. The van der Waals surface area contributed by atoms with Crippen LogP contribution in [-0.4, -0.2) is 125 Å². The second kappa shape index (κ2) is 28.5. The van der Waals surface area contributed by atoms with Gasteiger partial charge in [0.2, 0.25) is 6.79 Å². The van der Waals surface area contributed by atoms with Crippen LogP contribution in [0.5, 0.6) is 40.2 Å². The summed E-state index contributed by atoms with van der Waals surface area (Å²) in [5.41, 5.74) is 4.66. The Morgan fingerprint density at radius 2 is 1.50 bits per heavy atom. The Hall–Kier alpha value is -5.27. The minimum atomic E-state index is -3.12. The number of hydrogen-bond donors (Lipinski definition) is 2. The van der Waals surface area contributed by atoms with Gasteiger partial charge in [-0.3, -0.25) is 9.29 Å². The molecule has 3 aliphatic heterocycles. The average Bonchev–Trinajstić information content (AvgIpc) is 3.74. The van der Waals surface area contributed by atoms with Gasteiger partial charge in [0.1, 0.15) is 24.7 Å². The van der Waals surface area contributed by atoms with Crippen LogP contribution in [0, 0.1) is 20.8 Å². The van der Waals surface area contributed by atoms with Gasteiger partial charge in [0, 0.05) is 46.6 Å². The number of nitrogens with one attached hydrogen (secondary N) is 1. The van der Waals surface area contributed by atoms with Crippen LogP contribution in [0.15, 0.2) is 18.2 Å². The molecule has 4 atom stereocenters. The number of phenols is 1. The first-order chi connectivity index (χ1) is 33.3. The molecular formula is C51H76F3N3O12S. The second-order valence-corrected chi connectivity index (χ2v) is 18.4. The molecule has 0 aromatic heterocycles. The summed E-state index contributed by atoms with van der Waals surface area (Å²) in [5, 5.41) is 14.7. The lowest BCUT2D eigenvalue weighted by atomic mass is 9.88. The molecule has 15 nitrogen and oxygen atoms in total. The van der Waals surface area contributed by atoms with Gasteiger partial charge in [-0.1, -0.05) is 40.7 Å². The smallest absolute Gasteiger partial charge is 0.504 e. The van der Waals surface area contributed by atoms with Gasteiger partial charge in [-0.2, -0.15) is 20.5 Å². The summed E-state index contributed by atoms with van der Waals surface area (Å²) in [4.78, 5) is 38.8. The van der Waals surface area contributed by atoms with Crippen molar-refractivity contribution in [2.75, 3.05) is 67.7 Å². The zero-order chi connectivity index (χ0) is 53.2. The number of carbonyl (C=O) groups is 3. The Morgan fingerprint density at radius 1 is 0.886 bits per heavy atom. The second-order valence-electron chi connectivity index (χ2n) is 16.9. The highest BCUT2D eigenvalue weighted by Gasteiger charge is 2.46. The molecule has 4 unspecified atom stereocenters. The van der Waals surface area contributed by atoms with Crippen molar-refractivity contribution < 1.29 is 70.6 Å². The van der Waals surface area contributed by atoms with E-state index in [0.717, 1.165) is 22.3 Å². The number of phenolic OH excluding ortho intramolecular Hbond substituents is 1. The summed E-state index contributed by atoms with van der Waals surface area (Å²) >= 11 is 1.73. The number of amides is 1. The van der Waals surface area contributed by atoms with Crippen molar-refractivity contribution in [3.05, 3.63) is 62.7 Å². The van der Waals surface area contributed by atoms with E-state index in [1.807, 2.05) is 67.6 Å². The molecule has 2 N–H and O–H groups in total. The van der Waals surface area contributed by atoms with E-state index in [0.29, 0.717) is 78.2 Å². The standard InChI is InChI=1S/C45H59F2N3O11S.2C2H6.CH3F.CH2O/c1-23-18-29-13-16-50-30(33-24(2)39(60-42(46)47)25(3)40-41(33)58-22-57-40)21-56-43(52)48-15-12-27-20-32(59-44(53)61-45(5,6)7)31(54-10)19-28(27)14-17-62-26(4)35(50)36(49(8)9)34(29)37(51)38(23)55-11;4*1-2/h18-20,26,30,35-36,42,51H,12-17,21-22H2,1-11H3,(H,48,52);2*1-2H3;1H3;1H2. The Morgan fingerprint density at radius 3 is 2.09 bits per heavy atom. The molecule has 0 radical (unpaired) electrons. The molecule has 3 heterocycles. The van der Waals surface area contributed by atoms with E-state index in [4.69, 9.17) is 42.7 Å². The summed E-state index contributed by atoms with van der Waals surface area (Å²) in [6.07, 6.45) is -0.148. The molecule has 70 heavy (non-hydrogen) atoms. The minimum Gasteiger partial charge on any atom is -0.504 e. The Labute approximate surface area is 416 Å². The van der Waals surface area contributed by atoms with E-state index in [-0.39, 0.29) is 48.2 Å². The number of fused-ring (bicyclic) bond motifs is 4. The van der Waals surface area contributed by atoms with Crippen molar-refractivity contribution in [2.24, 2.45) is 0 Å². The fourth-order valence-electron chi connectivity index (χ4n) is 8.98. The van der Waals surface area contributed by atoms with Gasteiger partial charge in [0.05, 0.1) is 33.5 Å². The van der Waals surface area contributed by atoms with Gasteiger partial charge in [0.25, 0.3) is 0 Å². The number of cyclic esters (lactones) is 1. The number of likely N-dealkylation sites (N-methyl/N-ethyl adjacent to an activating group) is 1. The molecule has 19 heteroatoms. The lowest BCUT2D eigenvalue weighted by molar-refractivity contribution is -0.0980. The third kappa shape index (κ3) is 14.7. The minimum absolute atomic E-state index is 0.0398. The molecule has 0 bridgehead atoms. The third-order valence-electron chi connectivity index (χ3n) is 11.5. The molecule has 0 fully saturated rings. The Bertz CT molecular complexity index is 2170. The maximum absolute atomic E-state index is 14.1. The molecule has 0 saturated carbocycles. The van der Waals surface area contributed by atoms with Crippen LogP contribution in [-0.2, 0) is 33.5 Å². The van der Waals surface area contributed by atoms with Crippen LogP contribution in [0.25, 0.3) is 0 Å². The quantitative estimate of drug-likeness (QED) is 0.170. The number of alkyl halides is 3. The van der Waals surface area contributed by atoms with Crippen molar-refractivity contribution in [1.29, 1.82) is 0 Å². The highest BCUT2D eigenvalue weighted by Crippen LogP contribution is 2.53. The highest BCUT2D eigenvalue weighted by molar-refractivity contribution is 7.99. The lowest BCUT2D eigenvalue weighted by Gasteiger charge is -2.45. The summed E-state index contributed by atoms with van der Waals surface area (Å²) in [7, 11) is 7.44. The maximum atomic E-state index is 14.1. The first kappa shape index (κ1) is 60.9. The Balaban J connectivity index is 0.00000200. The lowest BCUT2D eigenvalue weighted by Crippen LogP contribution is -2.51. The monoisotopic (exact) mass is 1010 g/mol. The van der Waals surface area contributed by atoms with Crippen LogP contribution in [0.3, 0.4) is 0 Å². The van der Waals surface area contributed by atoms with Crippen LogP contribution in [0.4, 0.5) is 22.8 Å².